The van der Waals surface area contributed by atoms with E-state index in [4.69, 9.17) is 19.2 Å². The molecule has 4 rings (SSSR count). The Bertz CT molecular complexity index is 832. The molecule has 0 unspecified atom stereocenters. The van der Waals surface area contributed by atoms with Gasteiger partial charge in [0.25, 0.3) is 0 Å². The van der Waals surface area contributed by atoms with E-state index in [2.05, 4.69) is 22.3 Å². The van der Waals surface area contributed by atoms with Crippen molar-refractivity contribution >= 4 is 16.7 Å². The van der Waals surface area contributed by atoms with Crippen molar-refractivity contribution in [2.45, 2.75) is 31.3 Å². The molecule has 0 saturated carbocycles. The zero-order valence-electron chi connectivity index (χ0n) is 17.3. The summed E-state index contributed by atoms with van der Waals surface area (Å²) in [7, 11) is 3.58. The standard InChI is InChI=1S/C22H31N3O4/c1-23-22-11-17(15-4-8-28-9-5-15)18-10-20(27-2)21(12-19(18)24-22)29-7-3-6-25-13-16(26)14-25/h10-12,15-16,26H,3-9,13-14H2,1-2H3,(H,23,24). The van der Waals surface area contributed by atoms with Gasteiger partial charge in [-0.1, -0.05) is 0 Å². The molecule has 2 fully saturated rings. The summed E-state index contributed by atoms with van der Waals surface area (Å²) in [6, 6.07) is 6.21. The van der Waals surface area contributed by atoms with Gasteiger partial charge in [-0.05, 0) is 42.9 Å². The molecule has 158 valence electrons. The Morgan fingerprint density at radius 1 is 1.21 bits per heavy atom. The summed E-state index contributed by atoms with van der Waals surface area (Å²) in [5, 5.41) is 13.7. The van der Waals surface area contributed by atoms with Gasteiger partial charge in [-0.25, -0.2) is 4.98 Å². The molecule has 0 spiro atoms. The molecule has 0 radical (unpaired) electrons. The molecule has 0 atom stereocenters. The molecule has 29 heavy (non-hydrogen) atoms. The molecule has 2 aliphatic rings. The van der Waals surface area contributed by atoms with Crippen LogP contribution in [0.2, 0.25) is 0 Å². The summed E-state index contributed by atoms with van der Waals surface area (Å²) in [5.41, 5.74) is 2.21. The highest BCUT2D eigenvalue weighted by molar-refractivity contribution is 5.88. The van der Waals surface area contributed by atoms with E-state index in [0.29, 0.717) is 12.5 Å². The average Bonchev–Trinajstić information content (AvgIpc) is 2.74. The third-order valence-electron chi connectivity index (χ3n) is 5.86. The summed E-state index contributed by atoms with van der Waals surface area (Å²) in [4.78, 5) is 6.99. The van der Waals surface area contributed by atoms with Crippen molar-refractivity contribution in [2.75, 3.05) is 58.9 Å². The second kappa shape index (κ2) is 9.15. The Labute approximate surface area is 172 Å². The van der Waals surface area contributed by atoms with E-state index in [0.717, 1.165) is 80.3 Å². The van der Waals surface area contributed by atoms with E-state index in [1.165, 1.54) is 5.56 Å². The van der Waals surface area contributed by atoms with Crippen LogP contribution < -0.4 is 14.8 Å². The minimum absolute atomic E-state index is 0.158. The molecular formula is C22H31N3O4. The van der Waals surface area contributed by atoms with Crippen LogP contribution in [0.15, 0.2) is 18.2 Å². The summed E-state index contributed by atoms with van der Waals surface area (Å²) < 4.78 is 17.2. The SMILES string of the molecule is CNc1cc(C2CCOCC2)c2cc(OC)c(OCCCN3CC(O)C3)cc2n1. The molecule has 2 aromatic rings. The number of hydrogen-bond acceptors (Lipinski definition) is 7. The summed E-state index contributed by atoms with van der Waals surface area (Å²) >= 11 is 0. The zero-order chi connectivity index (χ0) is 20.2. The maximum absolute atomic E-state index is 9.37. The molecule has 0 bridgehead atoms. The fourth-order valence-electron chi connectivity index (χ4n) is 4.20. The van der Waals surface area contributed by atoms with Crippen LogP contribution in [0.5, 0.6) is 11.5 Å². The van der Waals surface area contributed by atoms with Crippen LogP contribution in [0.1, 0.15) is 30.7 Å². The maximum atomic E-state index is 9.37. The smallest absolute Gasteiger partial charge is 0.163 e. The maximum Gasteiger partial charge on any atom is 0.163 e. The monoisotopic (exact) mass is 401 g/mol. The van der Waals surface area contributed by atoms with Crippen molar-refractivity contribution in [3.8, 4) is 11.5 Å². The fraction of sp³-hybridized carbons (Fsp3) is 0.591. The number of aliphatic hydroxyl groups excluding tert-OH is 1. The van der Waals surface area contributed by atoms with Gasteiger partial charge in [-0.3, -0.25) is 4.90 Å². The molecule has 1 aromatic heterocycles. The molecule has 0 aliphatic carbocycles. The second-order valence-corrected chi connectivity index (χ2v) is 7.87. The molecule has 7 nitrogen and oxygen atoms in total. The highest BCUT2D eigenvalue weighted by Crippen LogP contribution is 2.39. The number of anilines is 1. The van der Waals surface area contributed by atoms with E-state index in [-0.39, 0.29) is 6.10 Å². The number of nitrogens with zero attached hydrogens (tertiary/aromatic N) is 2. The van der Waals surface area contributed by atoms with Crippen molar-refractivity contribution in [3.05, 3.63) is 23.8 Å². The number of nitrogens with one attached hydrogen (secondary N) is 1. The quantitative estimate of drug-likeness (QED) is 0.659. The van der Waals surface area contributed by atoms with Crippen LogP contribution >= 0.6 is 0 Å². The summed E-state index contributed by atoms with van der Waals surface area (Å²) in [6.07, 6.45) is 2.79. The highest BCUT2D eigenvalue weighted by Gasteiger charge is 2.23. The molecule has 1 aromatic carbocycles. The van der Waals surface area contributed by atoms with Crippen molar-refractivity contribution < 1.29 is 19.3 Å². The largest absolute Gasteiger partial charge is 0.493 e. The Morgan fingerprint density at radius 2 is 2.00 bits per heavy atom. The van der Waals surface area contributed by atoms with Crippen LogP contribution in [-0.2, 0) is 4.74 Å². The number of likely N-dealkylation sites (tertiary alicyclic amines) is 1. The van der Waals surface area contributed by atoms with E-state index in [1.54, 1.807) is 7.11 Å². The number of methoxy groups -OCH3 is 1. The number of pyridine rings is 1. The first-order chi connectivity index (χ1) is 14.2. The Morgan fingerprint density at radius 3 is 2.69 bits per heavy atom. The topological polar surface area (TPSA) is 76.1 Å². The molecule has 2 saturated heterocycles. The summed E-state index contributed by atoms with van der Waals surface area (Å²) in [5.74, 6) is 2.79. The molecular weight excluding hydrogens is 370 g/mol. The molecule has 7 heteroatoms. The first-order valence-electron chi connectivity index (χ1n) is 10.5. The van der Waals surface area contributed by atoms with E-state index >= 15 is 0 Å². The second-order valence-electron chi connectivity index (χ2n) is 7.87. The lowest BCUT2D eigenvalue weighted by Crippen LogP contribution is -2.50. The minimum Gasteiger partial charge on any atom is -0.493 e. The Kier molecular flexibility index (Phi) is 6.37. The van der Waals surface area contributed by atoms with Crippen molar-refractivity contribution in [2.24, 2.45) is 0 Å². The predicted octanol–water partition coefficient (Wildman–Crippen LogP) is 2.62. The Balaban J connectivity index is 1.55. The van der Waals surface area contributed by atoms with Crippen LogP contribution in [-0.4, -0.2) is 74.7 Å². The van der Waals surface area contributed by atoms with Crippen LogP contribution in [0.25, 0.3) is 10.9 Å². The number of benzene rings is 1. The van der Waals surface area contributed by atoms with Gasteiger partial charge in [0.1, 0.15) is 5.82 Å². The van der Waals surface area contributed by atoms with Gasteiger partial charge >= 0.3 is 0 Å². The zero-order valence-corrected chi connectivity index (χ0v) is 17.3. The van der Waals surface area contributed by atoms with Crippen molar-refractivity contribution in [1.82, 2.24) is 9.88 Å². The third-order valence-corrected chi connectivity index (χ3v) is 5.86. The van der Waals surface area contributed by atoms with Crippen LogP contribution in [0, 0.1) is 0 Å². The highest BCUT2D eigenvalue weighted by atomic mass is 16.5. The number of hydrogen-bond donors (Lipinski definition) is 2. The van der Waals surface area contributed by atoms with E-state index in [1.807, 2.05) is 13.1 Å². The normalized spacial score (nSPS) is 18.6. The average molecular weight is 402 g/mol. The van der Waals surface area contributed by atoms with E-state index < -0.39 is 0 Å². The number of fused-ring (bicyclic) bond motifs is 1. The van der Waals surface area contributed by atoms with Gasteiger partial charge in [0.05, 0.1) is 25.3 Å². The predicted molar refractivity (Wildman–Crippen MR) is 113 cm³/mol. The van der Waals surface area contributed by atoms with E-state index in [9.17, 15) is 5.11 Å². The Hall–Kier alpha value is -2.09. The van der Waals surface area contributed by atoms with Crippen molar-refractivity contribution in [1.29, 1.82) is 0 Å². The number of β-amino-alcohol motifs (C(OH)–C–C–N with tert-alkyl or cyclic N) is 1. The third kappa shape index (κ3) is 4.57. The fourth-order valence-corrected chi connectivity index (χ4v) is 4.20. The van der Waals surface area contributed by atoms with Gasteiger partial charge in [-0.2, -0.15) is 0 Å². The minimum atomic E-state index is -0.158. The lowest BCUT2D eigenvalue weighted by molar-refractivity contribution is 0.0000191. The molecule has 3 heterocycles. The van der Waals surface area contributed by atoms with Gasteiger partial charge < -0.3 is 24.6 Å². The lowest BCUT2D eigenvalue weighted by Gasteiger charge is -2.35. The van der Waals surface area contributed by atoms with Gasteiger partial charge in [0, 0.05) is 51.3 Å². The molecule has 0 amide bonds. The lowest BCUT2D eigenvalue weighted by atomic mass is 9.89. The molecule has 2 N–H and O–H groups in total. The first kappa shape index (κ1) is 20.2. The summed E-state index contributed by atoms with van der Waals surface area (Å²) in [6.45, 7) is 4.68. The molecule has 2 aliphatic heterocycles. The van der Waals surface area contributed by atoms with Gasteiger partial charge in [-0.15, -0.1) is 0 Å². The van der Waals surface area contributed by atoms with Crippen molar-refractivity contribution in [3.63, 3.8) is 0 Å². The van der Waals surface area contributed by atoms with Gasteiger partial charge in [0.15, 0.2) is 11.5 Å². The van der Waals surface area contributed by atoms with Gasteiger partial charge in [0.2, 0.25) is 0 Å². The number of aliphatic hydroxyl groups is 1. The van der Waals surface area contributed by atoms with Crippen LogP contribution in [0.4, 0.5) is 5.82 Å². The first-order valence-corrected chi connectivity index (χ1v) is 10.5. The number of rotatable bonds is 8. The van der Waals surface area contributed by atoms with Crippen LogP contribution in [0.3, 0.4) is 0 Å². The number of ether oxygens (including phenoxy) is 3. The number of aromatic nitrogens is 1.